The van der Waals surface area contributed by atoms with E-state index in [-0.39, 0.29) is 6.61 Å². The van der Waals surface area contributed by atoms with Crippen LogP contribution in [0.25, 0.3) is 0 Å². The van der Waals surface area contributed by atoms with Gasteiger partial charge in [-0.05, 0) is 24.6 Å². The van der Waals surface area contributed by atoms with Gasteiger partial charge in [0.05, 0.1) is 6.26 Å². The lowest BCUT2D eigenvalue weighted by molar-refractivity contribution is 0.0438. The third-order valence-electron chi connectivity index (χ3n) is 2.29. The minimum atomic E-state index is -0.444. The second-order valence-electron chi connectivity index (χ2n) is 3.68. The summed E-state index contributed by atoms with van der Waals surface area (Å²) in [5.74, 6) is 0.169. The lowest BCUT2D eigenvalue weighted by Gasteiger charge is -1.98. The number of esters is 1. The first kappa shape index (κ1) is 11.4. The molecular formula is C12H14N2O3. The van der Waals surface area contributed by atoms with Crippen LogP contribution in [0.5, 0.6) is 0 Å². The van der Waals surface area contributed by atoms with Crippen molar-refractivity contribution in [1.29, 1.82) is 0 Å². The molecule has 2 aromatic rings. The van der Waals surface area contributed by atoms with Crippen LogP contribution in [-0.2, 0) is 17.8 Å². The Labute approximate surface area is 98.8 Å². The van der Waals surface area contributed by atoms with Crippen LogP contribution in [0.15, 0.2) is 28.9 Å². The van der Waals surface area contributed by atoms with Crippen molar-refractivity contribution in [2.24, 2.45) is 0 Å². The van der Waals surface area contributed by atoms with Crippen molar-refractivity contribution < 1.29 is 13.9 Å². The molecule has 90 valence electrons. The number of aryl methyl sites for hydroxylation is 1. The molecule has 17 heavy (non-hydrogen) atoms. The number of nitrogens with one attached hydrogen (secondary N) is 1. The highest BCUT2D eigenvalue weighted by Crippen LogP contribution is 2.07. The molecular weight excluding hydrogens is 220 g/mol. The van der Waals surface area contributed by atoms with Gasteiger partial charge in [-0.1, -0.05) is 13.3 Å². The summed E-state index contributed by atoms with van der Waals surface area (Å²) in [7, 11) is 0. The lowest BCUT2D eigenvalue weighted by Crippen LogP contribution is -2.05. The fourth-order valence-electron chi connectivity index (χ4n) is 1.47. The first-order valence-corrected chi connectivity index (χ1v) is 5.53. The normalized spacial score (nSPS) is 10.4. The van der Waals surface area contributed by atoms with E-state index in [1.165, 1.54) is 6.26 Å². The molecule has 0 aliphatic heterocycles. The molecule has 0 aliphatic carbocycles. The van der Waals surface area contributed by atoms with Crippen molar-refractivity contribution in [3.8, 4) is 0 Å². The Hall–Kier alpha value is -2.04. The summed E-state index contributed by atoms with van der Waals surface area (Å²) in [5.41, 5.74) is 1.25. The molecule has 0 aliphatic rings. The molecule has 1 N–H and O–H groups in total. The fraction of sp³-hybridized carbons (Fsp3) is 0.333. The van der Waals surface area contributed by atoms with Gasteiger partial charge in [0, 0.05) is 5.69 Å². The molecule has 2 aromatic heterocycles. The highest BCUT2D eigenvalue weighted by molar-refractivity contribution is 5.87. The predicted molar refractivity (Wildman–Crippen MR) is 60.4 cm³/mol. The number of carbonyl (C=O) groups excluding carboxylic acids is 1. The zero-order valence-electron chi connectivity index (χ0n) is 9.60. The quantitative estimate of drug-likeness (QED) is 0.806. The van der Waals surface area contributed by atoms with Crippen LogP contribution in [0.4, 0.5) is 0 Å². The molecule has 0 spiro atoms. The summed E-state index contributed by atoms with van der Waals surface area (Å²) in [6.07, 6.45) is 3.42. The van der Waals surface area contributed by atoms with Crippen LogP contribution in [0.1, 0.15) is 35.3 Å². The Morgan fingerprint density at radius 3 is 3.18 bits per heavy atom. The van der Waals surface area contributed by atoms with E-state index >= 15 is 0 Å². The monoisotopic (exact) mass is 234 g/mol. The van der Waals surface area contributed by atoms with Gasteiger partial charge in [-0.15, -0.1) is 0 Å². The lowest BCUT2D eigenvalue weighted by atomic mass is 10.2. The van der Waals surface area contributed by atoms with Crippen LogP contribution in [0.2, 0.25) is 0 Å². The Morgan fingerprint density at radius 1 is 1.59 bits per heavy atom. The zero-order valence-corrected chi connectivity index (χ0v) is 9.60. The average molecular weight is 234 g/mol. The van der Waals surface area contributed by atoms with Crippen molar-refractivity contribution in [3.63, 3.8) is 0 Å². The number of rotatable bonds is 5. The number of nitrogens with zero attached hydrogens (tertiary/aromatic N) is 1. The summed E-state index contributed by atoms with van der Waals surface area (Å²) >= 11 is 0. The van der Waals surface area contributed by atoms with E-state index < -0.39 is 5.97 Å². The van der Waals surface area contributed by atoms with Crippen molar-refractivity contribution in [3.05, 3.63) is 41.6 Å². The smallest absolute Gasteiger partial charge is 0.359 e. The molecule has 2 heterocycles. The average Bonchev–Trinajstić information content (AvgIpc) is 2.97. The highest BCUT2D eigenvalue weighted by atomic mass is 16.5. The third-order valence-corrected chi connectivity index (χ3v) is 2.29. The van der Waals surface area contributed by atoms with Crippen molar-refractivity contribution in [2.75, 3.05) is 0 Å². The van der Waals surface area contributed by atoms with Crippen LogP contribution in [0, 0.1) is 0 Å². The van der Waals surface area contributed by atoms with E-state index in [9.17, 15) is 4.79 Å². The summed E-state index contributed by atoms with van der Waals surface area (Å²) < 4.78 is 10.1. The molecule has 0 saturated heterocycles. The van der Waals surface area contributed by atoms with E-state index in [0.29, 0.717) is 11.5 Å². The van der Waals surface area contributed by atoms with E-state index in [1.807, 2.05) is 0 Å². The van der Waals surface area contributed by atoms with Crippen LogP contribution >= 0.6 is 0 Å². The molecule has 5 nitrogen and oxygen atoms in total. The van der Waals surface area contributed by atoms with Gasteiger partial charge in [-0.2, -0.15) is 5.10 Å². The molecule has 0 aromatic carbocycles. The minimum absolute atomic E-state index is 0.127. The van der Waals surface area contributed by atoms with Gasteiger partial charge >= 0.3 is 5.97 Å². The van der Waals surface area contributed by atoms with Gasteiger partial charge in [0.15, 0.2) is 5.69 Å². The van der Waals surface area contributed by atoms with Crippen molar-refractivity contribution in [1.82, 2.24) is 10.2 Å². The Balaban J connectivity index is 1.90. The maximum absolute atomic E-state index is 11.6. The minimum Gasteiger partial charge on any atom is -0.466 e. The van der Waals surface area contributed by atoms with Gasteiger partial charge < -0.3 is 9.15 Å². The Kier molecular flexibility index (Phi) is 3.59. The molecule has 0 atom stereocenters. The molecule has 2 rings (SSSR count). The molecule has 5 heteroatoms. The maximum Gasteiger partial charge on any atom is 0.359 e. The Bertz CT molecular complexity index is 474. The number of hydrogen-bond donors (Lipinski definition) is 1. The summed E-state index contributed by atoms with van der Waals surface area (Å²) in [5, 5.41) is 6.71. The maximum atomic E-state index is 11.6. The van der Waals surface area contributed by atoms with Crippen LogP contribution < -0.4 is 0 Å². The number of ether oxygens (including phenoxy) is 1. The third kappa shape index (κ3) is 2.96. The number of aromatic nitrogens is 2. The molecule has 0 bridgehead atoms. The highest BCUT2D eigenvalue weighted by Gasteiger charge is 2.12. The summed E-state index contributed by atoms with van der Waals surface area (Å²) in [6, 6.07) is 5.21. The van der Waals surface area contributed by atoms with E-state index in [4.69, 9.17) is 9.15 Å². The standard InChI is InChI=1S/C12H14N2O3/c1-2-4-9-7-11(14-13-9)12(15)17-8-10-5-3-6-16-10/h3,5-7H,2,4,8H2,1H3,(H,13,14). The number of furan rings is 1. The summed E-state index contributed by atoms with van der Waals surface area (Å²) in [6.45, 7) is 2.19. The largest absolute Gasteiger partial charge is 0.466 e. The number of hydrogen-bond acceptors (Lipinski definition) is 4. The number of H-pyrrole nitrogens is 1. The Morgan fingerprint density at radius 2 is 2.47 bits per heavy atom. The molecule has 0 radical (unpaired) electrons. The van der Waals surface area contributed by atoms with Gasteiger partial charge in [0.25, 0.3) is 0 Å². The fourth-order valence-corrected chi connectivity index (χ4v) is 1.47. The SMILES string of the molecule is CCCc1cc(C(=O)OCc2ccco2)n[nH]1. The van der Waals surface area contributed by atoms with Gasteiger partial charge in [0.1, 0.15) is 12.4 Å². The molecule has 0 saturated carbocycles. The van der Waals surface area contributed by atoms with Gasteiger partial charge in [-0.25, -0.2) is 4.79 Å². The molecule has 0 amide bonds. The number of carbonyl (C=O) groups is 1. The van der Waals surface area contributed by atoms with Crippen LogP contribution in [-0.4, -0.2) is 16.2 Å². The van der Waals surface area contributed by atoms with Crippen molar-refractivity contribution in [2.45, 2.75) is 26.4 Å². The first-order chi connectivity index (χ1) is 8.29. The topological polar surface area (TPSA) is 68.1 Å². The van der Waals surface area contributed by atoms with Gasteiger partial charge in [0.2, 0.25) is 0 Å². The van der Waals surface area contributed by atoms with Gasteiger partial charge in [-0.3, -0.25) is 5.10 Å². The van der Waals surface area contributed by atoms with Crippen LogP contribution in [0.3, 0.4) is 0 Å². The van der Waals surface area contributed by atoms with E-state index in [1.54, 1.807) is 18.2 Å². The summed E-state index contributed by atoms with van der Waals surface area (Å²) in [4.78, 5) is 11.6. The second-order valence-corrected chi connectivity index (χ2v) is 3.68. The van der Waals surface area contributed by atoms with E-state index in [2.05, 4.69) is 17.1 Å². The molecule has 0 unspecified atom stereocenters. The van der Waals surface area contributed by atoms with Crippen molar-refractivity contribution >= 4 is 5.97 Å². The molecule has 0 fully saturated rings. The first-order valence-electron chi connectivity index (χ1n) is 5.53. The van der Waals surface area contributed by atoms with E-state index in [0.717, 1.165) is 18.5 Å². The number of aromatic amines is 1. The second kappa shape index (κ2) is 5.34. The zero-order chi connectivity index (χ0) is 12.1. The predicted octanol–water partition coefficient (Wildman–Crippen LogP) is 2.31.